The summed E-state index contributed by atoms with van der Waals surface area (Å²) in [6.07, 6.45) is 1.93. The Bertz CT molecular complexity index is 652. The highest BCUT2D eigenvalue weighted by molar-refractivity contribution is 5.49. The molecule has 0 amide bonds. The van der Waals surface area contributed by atoms with E-state index in [1.54, 1.807) is 16.8 Å². The summed E-state index contributed by atoms with van der Waals surface area (Å²) in [7, 11) is 1.87. The van der Waals surface area contributed by atoms with E-state index in [0.717, 1.165) is 11.3 Å². The number of hydrogen-bond acceptors (Lipinski definition) is 3. The summed E-state index contributed by atoms with van der Waals surface area (Å²) in [5.74, 6) is -0.0992. The summed E-state index contributed by atoms with van der Waals surface area (Å²) in [6, 6.07) is 6.32. The van der Waals surface area contributed by atoms with Crippen LogP contribution >= 0.6 is 0 Å². The Morgan fingerprint density at radius 3 is 2.80 bits per heavy atom. The third-order valence-corrected chi connectivity index (χ3v) is 3.05. The number of anilines is 1. The van der Waals surface area contributed by atoms with E-state index < -0.39 is 5.82 Å². The van der Waals surface area contributed by atoms with Crippen LogP contribution in [-0.4, -0.2) is 9.78 Å². The summed E-state index contributed by atoms with van der Waals surface area (Å²) < 4.78 is 15.5. The van der Waals surface area contributed by atoms with E-state index >= 15 is 0 Å². The van der Waals surface area contributed by atoms with Gasteiger partial charge in [-0.25, -0.2) is 4.39 Å². The maximum absolute atomic E-state index is 13.8. The first-order valence-electron chi connectivity index (χ1n) is 6.47. The van der Waals surface area contributed by atoms with Crippen LogP contribution in [0.1, 0.15) is 36.6 Å². The fourth-order valence-electron chi connectivity index (χ4n) is 2.10. The van der Waals surface area contributed by atoms with Gasteiger partial charge in [0.05, 0.1) is 23.0 Å². The van der Waals surface area contributed by atoms with Crippen molar-refractivity contribution in [2.45, 2.75) is 26.3 Å². The predicted octanol–water partition coefficient (Wildman–Crippen LogP) is 3.17. The van der Waals surface area contributed by atoms with Gasteiger partial charge in [-0.3, -0.25) is 4.68 Å². The molecule has 1 aromatic carbocycles. The Balaban J connectivity index is 2.15. The lowest BCUT2D eigenvalue weighted by molar-refractivity contribution is 0.629. The number of aromatic nitrogens is 2. The summed E-state index contributed by atoms with van der Waals surface area (Å²) in [5, 5.41) is 16.2. The first kappa shape index (κ1) is 14.1. The molecule has 2 rings (SSSR count). The van der Waals surface area contributed by atoms with E-state index in [1.807, 2.05) is 19.3 Å². The molecule has 0 radical (unpaired) electrons. The zero-order valence-electron chi connectivity index (χ0n) is 11.8. The molecular formula is C15H17FN4. The molecule has 0 bridgehead atoms. The van der Waals surface area contributed by atoms with E-state index in [1.165, 1.54) is 6.07 Å². The molecule has 0 saturated carbocycles. The summed E-state index contributed by atoms with van der Waals surface area (Å²) in [4.78, 5) is 0. The second kappa shape index (κ2) is 5.74. The SMILES string of the molecule is CC(C)c1nn(C)cc1CNc1ccc(C#N)cc1F. The maximum Gasteiger partial charge on any atom is 0.147 e. The Morgan fingerprint density at radius 1 is 1.45 bits per heavy atom. The predicted molar refractivity (Wildman–Crippen MR) is 75.7 cm³/mol. The lowest BCUT2D eigenvalue weighted by atomic mass is 10.1. The smallest absolute Gasteiger partial charge is 0.147 e. The Kier molecular flexibility index (Phi) is 4.04. The van der Waals surface area contributed by atoms with Crippen LogP contribution in [0.4, 0.5) is 10.1 Å². The van der Waals surface area contributed by atoms with Crippen LogP contribution in [0.15, 0.2) is 24.4 Å². The van der Waals surface area contributed by atoms with Gasteiger partial charge in [0, 0.05) is 25.4 Å². The van der Waals surface area contributed by atoms with Crippen molar-refractivity contribution in [3.63, 3.8) is 0 Å². The fourth-order valence-corrected chi connectivity index (χ4v) is 2.10. The number of nitrogens with one attached hydrogen (secondary N) is 1. The molecule has 0 atom stereocenters. The molecule has 1 aromatic heterocycles. The topological polar surface area (TPSA) is 53.6 Å². The van der Waals surface area contributed by atoms with Gasteiger partial charge in [-0.15, -0.1) is 0 Å². The number of rotatable bonds is 4. The highest BCUT2D eigenvalue weighted by Crippen LogP contribution is 2.20. The molecular weight excluding hydrogens is 255 g/mol. The van der Waals surface area contributed by atoms with Crippen molar-refractivity contribution in [1.29, 1.82) is 5.26 Å². The van der Waals surface area contributed by atoms with Crippen molar-refractivity contribution >= 4 is 5.69 Å². The van der Waals surface area contributed by atoms with Crippen LogP contribution in [0.2, 0.25) is 0 Å². The highest BCUT2D eigenvalue weighted by atomic mass is 19.1. The molecule has 0 fully saturated rings. The van der Waals surface area contributed by atoms with Gasteiger partial charge in [0.1, 0.15) is 5.82 Å². The molecule has 2 aromatic rings. The van der Waals surface area contributed by atoms with E-state index in [4.69, 9.17) is 5.26 Å². The quantitative estimate of drug-likeness (QED) is 0.930. The normalized spacial score (nSPS) is 10.6. The average molecular weight is 272 g/mol. The van der Waals surface area contributed by atoms with Crippen molar-refractivity contribution in [3.8, 4) is 6.07 Å². The second-order valence-corrected chi connectivity index (χ2v) is 5.03. The van der Waals surface area contributed by atoms with Crippen molar-refractivity contribution in [2.75, 3.05) is 5.32 Å². The van der Waals surface area contributed by atoms with Gasteiger partial charge in [-0.2, -0.15) is 10.4 Å². The minimum atomic E-state index is -0.418. The van der Waals surface area contributed by atoms with E-state index in [2.05, 4.69) is 24.3 Å². The molecule has 104 valence electrons. The summed E-state index contributed by atoms with van der Waals surface area (Å²) in [5.41, 5.74) is 2.76. The number of nitriles is 1. The van der Waals surface area contributed by atoms with E-state index in [-0.39, 0.29) is 0 Å². The minimum absolute atomic E-state index is 0.317. The van der Waals surface area contributed by atoms with Crippen molar-refractivity contribution in [3.05, 3.63) is 47.0 Å². The highest BCUT2D eigenvalue weighted by Gasteiger charge is 2.12. The molecule has 0 aliphatic heterocycles. The van der Waals surface area contributed by atoms with E-state index in [9.17, 15) is 4.39 Å². The zero-order valence-corrected chi connectivity index (χ0v) is 11.8. The third-order valence-electron chi connectivity index (χ3n) is 3.05. The second-order valence-electron chi connectivity index (χ2n) is 5.03. The van der Waals surface area contributed by atoms with Gasteiger partial charge in [-0.05, 0) is 24.1 Å². The van der Waals surface area contributed by atoms with Crippen LogP contribution < -0.4 is 5.32 Å². The van der Waals surface area contributed by atoms with Gasteiger partial charge in [-0.1, -0.05) is 13.8 Å². The fraction of sp³-hybridized carbons (Fsp3) is 0.333. The van der Waals surface area contributed by atoms with Crippen LogP contribution in [0, 0.1) is 17.1 Å². The molecule has 0 saturated heterocycles. The van der Waals surface area contributed by atoms with Crippen LogP contribution in [0.5, 0.6) is 0 Å². The lowest BCUT2D eigenvalue weighted by Gasteiger charge is -2.09. The van der Waals surface area contributed by atoms with Gasteiger partial charge in [0.25, 0.3) is 0 Å². The Morgan fingerprint density at radius 2 is 2.20 bits per heavy atom. The molecule has 4 nitrogen and oxygen atoms in total. The molecule has 20 heavy (non-hydrogen) atoms. The molecule has 5 heteroatoms. The monoisotopic (exact) mass is 272 g/mol. The molecule has 1 heterocycles. The average Bonchev–Trinajstić information content (AvgIpc) is 2.78. The van der Waals surface area contributed by atoms with Gasteiger partial charge < -0.3 is 5.32 Å². The zero-order chi connectivity index (χ0) is 14.7. The molecule has 0 aliphatic rings. The van der Waals surface area contributed by atoms with Crippen molar-refractivity contribution in [1.82, 2.24) is 9.78 Å². The van der Waals surface area contributed by atoms with Gasteiger partial charge in [0.15, 0.2) is 0 Å². The molecule has 0 unspecified atom stereocenters. The van der Waals surface area contributed by atoms with Crippen LogP contribution in [-0.2, 0) is 13.6 Å². The number of hydrogen-bond donors (Lipinski definition) is 1. The first-order valence-corrected chi connectivity index (χ1v) is 6.47. The Labute approximate surface area is 117 Å². The summed E-state index contributed by atoms with van der Waals surface area (Å²) >= 11 is 0. The molecule has 0 spiro atoms. The number of halogens is 1. The standard InChI is InChI=1S/C15H17FN4/c1-10(2)15-12(9-20(3)19-15)8-18-14-5-4-11(7-17)6-13(14)16/h4-6,9-10,18H,8H2,1-3H3. The Hall–Kier alpha value is -2.35. The van der Waals surface area contributed by atoms with Crippen molar-refractivity contribution in [2.24, 2.45) is 7.05 Å². The number of benzene rings is 1. The largest absolute Gasteiger partial charge is 0.378 e. The minimum Gasteiger partial charge on any atom is -0.378 e. The number of nitrogens with zero attached hydrogens (tertiary/aromatic N) is 3. The maximum atomic E-state index is 13.8. The first-order chi connectivity index (χ1) is 9.51. The van der Waals surface area contributed by atoms with Gasteiger partial charge >= 0.3 is 0 Å². The van der Waals surface area contributed by atoms with Crippen LogP contribution in [0.3, 0.4) is 0 Å². The molecule has 0 aliphatic carbocycles. The molecule has 1 N–H and O–H groups in total. The lowest BCUT2D eigenvalue weighted by Crippen LogP contribution is -2.04. The third kappa shape index (κ3) is 2.97. The summed E-state index contributed by atoms with van der Waals surface area (Å²) in [6.45, 7) is 4.66. The van der Waals surface area contributed by atoms with Crippen LogP contribution in [0.25, 0.3) is 0 Å². The van der Waals surface area contributed by atoms with Crippen molar-refractivity contribution < 1.29 is 4.39 Å². The van der Waals surface area contributed by atoms with Gasteiger partial charge in [0.2, 0.25) is 0 Å². The van der Waals surface area contributed by atoms with E-state index in [0.29, 0.717) is 23.7 Å². The number of aryl methyl sites for hydroxylation is 1.